The molecule has 6 heteroatoms. The molecule has 0 N–H and O–H groups in total. The molecule has 0 aliphatic carbocycles. The Morgan fingerprint density at radius 1 is 1.04 bits per heavy atom. The van der Waals surface area contributed by atoms with Crippen LogP contribution in [0.4, 0.5) is 5.69 Å². The minimum absolute atomic E-state index is 0.122. The minimum atomic E-state index is -3.88. The molecule has 0 atom stereocenters. The van der Waals surface area contributed by atoms with Gasteiger partial charge in [-0.25, -0.2) is 8.42 Å². The predicted molar refractivity (Wildman–Crippen MR) is 92.5 cm³/mol. The van der Waals surface area contributed by atoms with E-state index in [4.69, 9.17) is 11.6 Å². The summed E-state index contributed by atoms with van der Waals surface area (Å²) in [7, 11) is -3.88. The Morgan fingerprint density at radius 2 is 1.57 bits per heavy atom. The van der Waals surface area contributed by atoms with Crippen LogP contribution < -0.4 is 4.31 Å². The molecule has 0 saturated carbocycles. The molecule has 2 aromatic carbocycles. The summed E-state index contributed by atoms with van der Waals surface area (Å²) in [4.78, 5) is 11.6. The average Bonchev–Trinajstić information content (AvgIpc) is 2.45. The maximum Gasteiger partial charge on any atom is 0.264 e. The van der Waals surface area contributed by atoms with Gasteiger partial charge in [-0.2, -0.15) is 0 Å². The fourth-order valence-corrected chi connectivity index (χ4v) is 4.44. The molecule has 2 rings (SSSR count). The van der Waals surface area contributed by atoms with Crippen LogP contribution in [0.2, 0.25) is 0 Å². The number of aryl methyl sites for hydroxylation is 3. The Morgan fingerprint density at radius 3 is 2.04 bits per heavy atom. The largest absolute Gasteiger partial charge is 0.279 e. The van der Waals surface area contributed by atoms with E-state index < -0.39 is 21.8 Å². The van der Waals surface area contributed by atoms with Crippen LogP contribution in [0.25, 0.3) is 0 Å². The monoisotopic (exact) mass is 351 g/mol. The Labute approximate surface area is 141 Å². The fourth-order valence-electron chi connectivity index (χ4n) is 2.68. The maximum atomic E-state index is 13.0. The first-order valence-electron chi connectivity index (χ1n) is 7.07. The molecular weight excluding hydrogens is 334 g/mol. The second-order valence-electron chi connectivity index (χ2n) is 5.43. The molecule has 23 heavy (non-hydrogen) atoms. The summed E-state index contributed by atoms with van der Waals surface area (Å²) in [5, 5.41) is -0.733. The zero-order valence-electron chi connectivity index (χ0n) is 13.2. The molecule has 0 aromatic heterocycles. The van der Waals surface area contributed by atoms with E-state index in [1.54, 1.807) is 18.2 Å². The van der Waals surface area contributed by atoms with Gasteiger partial charge in [0.2, 0.25) is 5.24 Å². The number of hydrogen-bond acceptors (Lipinski definition) is 3. The number of nitrogens with zero attached hydrogens (tertiary/aromatic N) is 1. The number of hydrogen-bond donors (Lipinski definition) is 0. The number of rotatable bonds is 5. The van der Waals surface area contributed by atoms with Gasteiger partial charge in [-0.05, 0) is 55.6 Å². The van der Waals surface area contributed by atoms with E-state index >= 15 is 0 Å². The van der Waals surface area contributed by atoms with Crippen LogP contribution in [-0.4, -0.2) is 20.2 Å². The standard InChI is InChI=1S/C17H18ClNO3S/c1-12-9-13(2)17(14(3)10-12)19(11-16(18)20)23(21,22)15-7-5-4-6-8-15/h4-10H,11H2,1-3H3. The number of carbonyl (C=O) groups excluding carboxylic acids is 1. The topological polar surface area (TPSA) is 54.5 Å². The summed E-state index contributed by atoms with van der Waals surface area (Å²) in [6.45, 7) is 5.17. The van der Waals surface area contributed by atoms with Gasteiger partial charge in [0.15, 0.2) is 0 Å². The first-order chi connectivity index (χ1) is 10.7. The molecule has 0 aliphatic rings. The molecule has 0 heterocycles. The highest BCUT2D eigenvalue weighted by molar-refractivity contribution is 7.92. The third kappa shape index (κ3) is 3.74. The molecule has 0 spiro atoms. The van der Waals surface area contributed by atoms with Crippen molar-refractivity contribution in [1.29, 1.82) is 0 Å². The second-order valence-corrected chi connectivity index (χ2v) is 7.71. The Bertz CT molecular complexity index is 809. The van der Waals surface area contributed by atoms with E-state index in [-0.39, 0.29) is 4.90 Å². The van der Waals surface area contributed by atoms with Crippen LogP contribution in [0, 0.1) is 20.8 Å². The lowest BCUT2D eigenvalue weighted by Crippen LogP contribution is -2.35. The Balaban J connectivity index is 2.66. The van der Waals surface area contributed by atoms with E-state index in [9.17, 15) is 13.2 Å². The maximum absolute atomic E-state index is 13.0. The highest BCUT2D eigenvalue weighted by atomic mass is 35.5. The Hall–Kier alpha value is -1.85. The van der Waals surface area contributed by atoms with Crippen molar-refractivity contribution in [3.8, 4) is 0 Å². The highest BCUT2D eigenvalue weighted by Gasteiger charge is 2.28. The van der Waals surface area contributed by atoms with Crippen molar-refractivity contribution in [2.45, 2.75) is 25.7 Å². The van der Waals surface area contributed by atoms with Crippen molar-refractivity contribution in [3.63, 3.8) is 0 Å². The average molecular weight is 352 g/mol. The van der Waals surface area contributed by atoms with Gasteiger partial charge < -0.3 is 0 Å². The molecular formula is C17H18ClNO3S. The van der Waals surface area contributed by atoms with E-state index in [0.717, 1.165) is 21.0 Å². The summed E-state index contributed by atoms with van der Waals surface area (Å²) in [5.41, 5.74) is 3.08. The lowest BCUT2D eigenvalue weighted by Gasteiger charge is -2.26. The van der Waals surface area contributed by atoms with Crippen LogP contribution >= 0.6 is 11.6 Å². The second kappa shape index (κ2) is 6.72. The smallest absolute Gasteiger partial charge is 0.264 e. The van der Waals surface area contributed by atoms with Crippen molar-refractivity contribution < 1.29 is 13.2 Å². The van der Waals surface area contributed by atoms with Crippen molar-refractivity contribution in [2.24, 2.45) is 0 Å². The zero-order chi connectivity index (χ0) is 17.2. The minimum Gasteiger partial charge on any atom is -0.279 e. The molecule has 0 saturated heterocycles. The number of carbonyl (C=O) groups is 1. The van der Waals surface area contributed by atoms with Gasteiger partial charge in [0, 0.05) is 0 Å². The van der Waals surface area contributed by atoms with Gasteiger partial charge in [0.25, 0.3) is 10.0 Å². The van der Waals surface area contributed by atoms with Crippen LogP contribution in [0.1, 0.15) is 16.7 Å². The number of sulfonamides is 1. The van der Waals surface area contributed by atoms with E-state index in [0.29, 0.717) is 5.69 Å². The lowest BCUT2D eigenvalue weighted by atomic mass is 10.1. The number of halogens is 1. The Kier molecular flexibility index (Phi) is 5.12. The molecule has 0 aliphatic heterocycles. The van der Waals surface area contributed by atoms with Crippen molar-refractivity contribution >= 4 is 32.6 Å². The van der Waals surface area contributed by atoms with Crippen molar-refractivity contribution in [1.82, 2.24) is 0 Å². The predicted octanol–water partition coefficient (Wildman–Crippen LogP) is 3.57. The summed E-state index contributed by atoms with van der Waals surface area (Å²) >= 11 is 5.51. The molecule has 0 unspecified atom stereocenters. The zero-order valence-corrected chi connectivity index (χ0v) is 14.8. The molecule has 0 amide bonds. The highest BCUT2D eigenvalue weighted by Crippen LogP contribution is 2.31. The third-order valence-electron chi connectivity index (χ3n) is 3.48. The quantitative estimate of drug-likeness (QED) is 0.774. The van der Waals surface area contributed by atoms with Crippen LogP contribution in [-0.2, 0) is 14.8 Å². The third-order valence-corrected chi connectivity index (χ3v) is 5.36. The SMILES string of the molecule is Cc1cc(C)c(N(CC(=O)Cl)S(=O)(=O)c2ccccc2)c(C)c1. The van der Waals surface area contributed by atoms with Crippen LogP contribution in [0.3, 0.4) is 0 Å². The molecule has 4 nitrogen and oxygen atoms in total. The molecule has 2 aromatic rings. The summed E-state index contributed by atoms with van der Waals surface area (Å²) in [6.07, 6.45) is 0. The van der Waals surface area contributed by atoms with Gasteiger partial charge in [-0.1, -0.05) is 35.9 Å². The van der Waals surface area contributed by atoms with Gasteiger partial charge in [-0.15, -0.1) is 0 Å². The summed E-state index contributed by atoms with van der Waals surface area (Å²) in [5.74, 6) is 0. The summed E-state index contributed by atoms with van der Waals surface area (Å²) < 4.78 is 27.0. The van der Waals surface area contributed by atoms with Crippen LogP contribution in [0.5, 0.6) is 0 Å². The number of anilines is 1. The van der Waals surface area contributed by atoms with Gasteiger partial charge in [-0.3, -0.25) is 9.10 Å². The van der Waals surface area contributed by atoms with Gasteiger partial charge in [0.1, 0.15) is 6.54 Å². The number of benzene rings is 2. The van der Waals surface area contributed by atoms with Crippen molar-refractivity contribution in [2.75, 3.05) is 10.8 Å². The normalized spacial score (nSPS) is 11.3. The van der Waals surface area contributed by atoms with Gasteiger partial charge in [0.05, 0.1) is 10.6 Å². The lowest BCUT2D eigenvalue weighted by molar-refractivity contribution is -0.110. The van der Waals surface area contributed by atoms with Gasteiger partial charge >= 0.3 is 0 Å². The van der Waals surface area contributed by atoms with E-state index in [1.807, 2.05) is 32.9 Å². The fraction of sp³-hybridized carbons (Fsp3) is 0.235. The summed E-state index contributed by atoms with van der Waals surface area (Å²) in [6, 6.07) is 11.8. The molecule has 0 fully saturated rings. The molecule has 122 valence electrons. The molecule has 0 radical (unpaired) electrons. The van der Waals surface area contributed by atoms with Crippen molar-refractivity contribution in [3.05, 3.63) is 59.2 Å². The molecule has 0 bridgehead atoms. The van der Waals surface area contributed by atoms with Crippen LogP contribution in [0.15, 0.2) is 47.4 Å². The van der Waals surface area contributed by atoms with E-state index in [2.05, 4.69) is 0 Å². The first-order valence-corrected chi connectivity index (χ1v) is 8.89. The van der Waals surface area contributed by atoms with E-state index in [1.165, 1.54) is 12.1 Å². The first kappa shape index (κ1) is 17.5.